The Morgan fingerprint density at radius 2 is 1.55 bits per heavy atom. The van der Waals surface area contributed by atoms with E-state index >= 15 is 0 Å². The summed E-state index contributed by atoms with van der Waals surface area (Å²) in [7, 11) is 0. The van der Waals surface area contributed by atoms with Crippen LogP contribution in [-0.2, 0) is 6.54 Å². The molecule has 4 rings (SSSR count). The van der Waals surface area contributed by atoms with E-state index in [0.29, 0.717) is 0 Å². The van der Waals surface area contributed by atoms with E-state index in [0.717, 1.165) is 44.0 Å². The molecule has 1 saturated heterocycles. The number of hydrogen-bond acceptors (Lipinski definition) is 2. The van der Waals surface area contributed by atoms with Crippen LogP contribution in [0.3, 0.4) is 0 Å². The molecule has 3 aromatic rings. The highest BCUT2D eigenvalue weighted by Crippen LogP contribution is 2.26. The third-order valence-electron chi connectivity index (χ3n) is 6.78. The number of nitrogens with zero attached hydrogens (tertiary/aromatic N) is 3. The number of benzene rings is 2. The zero-order chi connectivity index (χ0) is 22.1. The fourth-order valence-corrected chi connectivity index (χ4v) is 4.71. The van der Waals surface area contributed by atoms with Gasteiger partial charge in [-0.15, -0.1) is 0 Å². The summed E-state index contributed by atoms with van der Waals surface area (Å²) in [5.74, 6) is 0.158. The highest BCUT2D eigenvalue weighted by molar-refractivity contribution is 5.95. The van der Waals surface area contributed by atoms with E-state index in [-0.39, 0.29) is 5.91 Å². The van der Waals surface area contributed by atoms with E-state index in [1.165, 1.54) is 33.6 Å². The summed E-state index contributed by atoms with van der Waals surface area (Å²) in [6.07, 6.45) is 0. The molecule has 0 aliphatic carbocycles. The Bertz CT molecular complexity index is 1100. The van der Waals surface area contributed by atoms with Crippen LogP contribution < -0.4 is 4.90 Å². The van der Waals surface area contributed by atoms with Gasteiger partial charge < -0.3 is 14.4 Å². The summed E-state index contributed by atoms with van der Waals surface area (Å²) in [4.78, 5) is 18.1. The van der Waals surface area contributed by atoms with E-state index in [1.807, 2.05) is 4.90 Å². The number of anilines is 1. The number of rotatable bonds is 4. The number of piperazine rings is 1. The first-order valence-electron chi connectivity index (χ1n) is 11.2. The number of aryl methyl sites for hydroxylation is 2. The molecule has 162 valence electrons. The molecular formula is C27H33N3O. The van der Waals surface area contributed by atoms with Crippen molar-refractivity contribution in [1.29, 1.82) is 0 Å². The van der Waals surface area contributed by atoms with E-state index in [2.05, 4.69) is 92.6 Å². The van der Waals surface area contributed by atoms with Gasteiger partial charge in [0.1, 0.15) is 5.69 Å². The molecule has 0 atom stereocenters. The molecule has 2 heterocycles. The van der Waals surface area contributed by atoms with Crippen LogP contribution in [0.1, 0.15) is 44.0 Å². The normalized spacial score (nSPS) is 14.2. The van der Waals surface area contributed by atoms with Crippen molar-refractivity contribution in [3.8, 4) is 0 Å². The van der Waals surface area contributed by atoms with Gasteiger partial charge in [0, 0.05) is 44.1 Å². The maximum Gasteiger partial charge on any atom is 0.270 e. The second-order valence-corrected chi connectivity index (χ2v) is 8.82. The zero-order valence-corrected chi connectivity index (χ0v) is 19.4. The predicted molar refractivity (Wildman–Crippen MR) is 128 cm³/mol. The Labute approximate surface area is 186 Å². The maximum atomic E-state index is 13.7. The summed E-state index contributed by atoms with van der Waals surface area (Å²) in [5, 5.41) is 0. The third-order valence-corrected chi connectivity index (χ3v) is 6.78. The van der Waals surface area contributed by atoms with E-state index < -0.39 is 0 Å². The van der Waals surface area contributed by atoms with E-state index in [9.17, 15) is 4.79 Å². The van der Waals surface area contributed by atoms with Crippen LogP contribution in [0.4, 0.5) is 5.69 Å². The summed E-state index contributed by atoms with van der Waals surface area (Å²) in [6, 6.07) is 17.1. The number of para-hydroxylation sites is 1. The monoisotopic (exact) mass is 415 g/mol. The lowest BCUT2D eigenvalue weighted by Gasteiger charge is -2.37. The molecule has 0 N–H and O–H groups in total. The van der Waals surface area contributed by atoms with Gasteiger partial charge in [-0.25, -0.2) is 0 Å². The molecule has 0 radical (unpaired) electrons. The van der Waals surface area contributed by atoms with Crippen LogP contribution in [0.2, 0.25) is 0 Å². The molecule has 4 heteroatoms. The summed E-state index contributed by atoms with van der Waals surface area (Å²) >= 11 is 0. The van der Waals surface area contributed by atoms with Crippen molar-refractivity contribution in [3.63, 3.8) is 0 Å². The molecule has 0 bridgehead atoms. The largest absolute Gasteiger partial charge is 0.368 e. The first kappa shape index (κ1) is 21.2. The fraction of sp³-hybridized carbons (Fsp3) is 0.370. The number of aromatic nitrogens is 1. The Balaban J connectivity index is 1.56. The lowest BCUT2D eigenvalue weighted by atomic mass is 10.1. The first-order chi connectivity index (χ1) is 14.9. The summed E-state index contributed by atoms with van der Waals surface area (Å²) in [6.45, 7) is 14.6. The Morgan fingerprint density at radius 1 is 0.839 bits per heavy atom. The van der Waals surface area contributed by atoms with Crippen molar-refractivity contribution in [1.82, 2.24) is 9.47 Å². The minimum absolute atomic E-state index is 0.158. The molecule has 31 heavy (non-hydrogen) atoms. The lowest BCUT2D eigenvalue weighted by molar-refractivity contribution is 0.0735. The van der Waals surface area contributed by atoms with Crippen molar-refractivity contribution in [2.24, 2.45) is 0 Å². The van der Waals surface area contributed by atoms with Crippen molar-refractivity contribution in [3.05, 3.63) is 87.7 Å². The van der Waals surface area contributed by atoms with Crippen molar-refractivity contribution in [2.45, 2.75) is 41.2 Å². The van der Waals surface area contributed by atoms with Crippen molar-refractivity contribution < 1.29 is 4.79 Å². The molecule has 1 aliphatic rings. The molecule has 1 fully saturated rings. The standard InChI is InChI=1S/C27H33N3O/c1-19-9-8-11-24(17-19)18-30-23(5)21(3)22(4)26(30)27(31)29-15-13-28(14-16-29)25-12-7-6-10-20(25)2/h6-12,17H,13-16,18H2,1-5H3. The van der Waals surface area contributed by atoms with Gasteiger partial charge in [-0.3, -0.25) is 4.79 Å². The lowest BCUT2D eigenvalue weighted by Crippen LogP contribution is -2.49. The molecule has 2 aromatic carbocycles. The van der Waals surface area contributed by atoms with Crippen LogP contribution >= 0.6 is 0 Å². The van der Waals surface area contributed by atoms with Gasteiger partial charge in [0.2, 0.25) is 0 Å². The minimum atomic E-state index is 0.158. The molecule has 1 amide bonds. The maximum absolute atomic E-state index is 13.7. The van der Waals surface area contributed by atoms with Crippen molar-refractivity contribution >= 4 is 11.6 Å². The minimum Gasteiger partial charge on any atom is -0.368 e. The molecule has 0 spiro atoms. The second kappa shape index (κ2) is 8.62. The van der Waals surface area contributed by atoms with Gasteiger partial charge in [0.05, 0.1) is 0 Å². The van der Waals surface area contributed by atoms with Crippen LogP contribution in [0.25, 0.3) is 0 Å². The van der Waals surface area contributed by atoms with E-state index in [1.54, 1.807) is 0 Å². The Morgan fingerprint density at radius 3 is 2.23 bits per heavy atom. The number of carbonyl (C=O) groups excluding carboxylic acids is 1. The molecule has 0 unspecified atom stereocenters. The highest BCUT2D eigenvalue weighted by atomic mass is 16.2. The predicted octanol–water partition coefficient (Wildman–Crippen LogP) is 5.04. The third kappa shape index (κ3) is 4.12. The summed E-state index contributed by atoms with van der Waals surface area (Å²) < 4.78 is 2.22. The number of hydrogen-bond donors (Lipinski definition) is 0. The molecule has 0 saturated carbocycles. The fourth-order valence-electron chi connectivity index (χ4n) is 4.71. The van der Waals surface area contributed by atoms with E-state index in [4.69, 9.17) is 0 Å². The van der Waals surface area contributed by atoms with Crippen LogP contribution in [0, 0.1) is 34.6 Å². The topological polar surface area (TPSA) is 28.5 Å². The Hall–Kier alpha value is -3.01. The molecule has 1 aromatic heterocycles. The Kier molecular flexibility index (Phi) is 5.90. The number of amides is 1. The molecular weight excluding hydrogens is 382 g/mol. The van der Waals surface area contributed by atoms with Crippen LogP contribution in [0.5, 0.6) is 0 Å². The average Bonchev–Trinajstić information content (AvgIpc) is 2.97. The quantitative estimate of drug-likeness (QED) is 0.597. The smallest absolute Gasteiger partial charge is 0.270 e. The highest BCUT2D eigenvalue weighted by Gasteiger charge is 2.28. The average molecular weight is 416 g/mol. The van der Waals surface area contributed by atoms with Gasteiger partial charge in [-0.05, 0) is 62.9 Å². The number of carbonyl (C=O) groups is 1. The SMILES string of the molecule is Cc1cccc(Cn2c(C)c(C)c(C)c2C(=O)N2CCN(c3ccccc3C)CC2)c1. The summed E-state index contributed by atoms with van der Waals surface area (Å²) in [5.41, 5.74) is 9.40. The van der Waals surface area contributed by atoms with Gasteiger partial charge in [-0.1, -0.05) is 48.0 Å². The van der Waals surface area contributed by atoms with Gasteiger partial charge in [0.15, 0.2) is 0 Å². The molecule has 1 aliphatic heterocycles. The van der Waals surface area contributed by atoms with Crippen LogP contribution in [-0.4, -0.2) is 41.6 Å². The first-order valence-corrected chi connectivity index (χ1v) is 11.2. The van der Waals surface area contributed by atoms with Crippen LogP contribution in [0.15, 0.2) is 48.5 Å². The second-order valence-electron chi connectivity index (χ2n) is 8.82. The van der Waals surface area contributed by atoms with Crippen molar-refractivity contribution in [2.75, 3.05) is 31.1 Å². The van der Waals surface area contributed by atoms with Gasteiger partial charge in [-0.2, -0.15) is 0 Å². The van der Waals surface area contributed by atoms with Gasteiger partial charge >= 0.3 is 0 Å². The molecule has 4 nitrogen and oxygen atoms in total. The van der Waals surface area contributed by atoms with Gasteiger partial charge in [0.25, 0.3) is 5.91 Å². The zero-order valence-electron chi connectivity index (χ0n) is 19.4.